The van der Waals surface area contributed by atoms with Gasteiger partial charge in [0.2, 0.25) is 0 Å². The Morgan fingerprint density at radius 1 is 1.00 bits per heavy atom. The van der Waals surface area contributed by atoms with Crippen molar-refractivity contribution in [3.05, 3.63) is 53.1 Å². The zero-order valence-corrected chi connectivity index (χ0v) is 11.0. The molecule has 16 heavy (non-hydrogen) atoms. The first-order chi connectivity index (χ1) is 7.38. The van der Waals surface area contributed by atoms with Gasteiger partial charge >= 0.3 is 0 Å². The molecule has 1 rings (SSSR count). The standard InChI is InChI=1S/C16H22/c1-13-9-10-15(14(2)12-13)8-6-7-11-16(3,4)5/h6-12H,1-5H3/b8-6+,11-7+. The Morgan fingerprint density at radius 2 is 1.69 bits per heavy atom. The molecule has 0 saturated heterocycles. The third-order valence-electron chi connectivity index (χ3n) is 2.41. The summed E-state index contributed by atoms with van der Waals surface area (Å²) in [5.41, 5.74) is 4.21. The van der Waals surface area contributed by atoms with E-state index in [1.54, 1.807) is 0 Å². The summed E-state index contributed by atoms with van der Waals surface area (Å²) >= 11 is 0. The number of allylic oxidation sites excluding steroid dienone is 3. The molecule has 0 atom stereocenters. The maximum Gasteiger partial charge on any atom is -0.0200 e. The van der Waals surface area contributed by atoms with Gasteiger partial charge in [-0.05, 0) is 30.4 Å². The highest BCUT2D eigenvalue weighted by atomic mass is 14.1. The number of hydrogen-bond acceptors (Lipinski definition) is 0. The molecule has 0 radical (unpaired) electrons. The van der Waals surface area contributed by atoms with Gasteiger partial charge in [0, 0.05) is 0 Å². The zero-order valence-electron chi connectivity index (χ0n) is 11.0. The van der Waals surface area contributed by atoms with E-state index in [1.807, 2.05) is 0 Å². The topological polar surface area (TPSA) is 0 Å². The van der Waals surface area contributed by atoms with Crippen LogP contribution in [0.3, 0.4) is 0 Å². The van der Waals surface area contributed by atoms with E-state index in [0.29, 0.717) is 0 Å². The van der Waals surface area contributed by atoms with Gasteiger partial charge in [-0.25, -0.2) is 0 Å². The molecule has 0 heterocycles. The Labute approximate surface area is 99.7 Å². The normalized spacial score (nSPS) is 12.8. The van der Waals surface area contributed by atoms with Crippen LogP contribution in [0.15, 0.2) is 36.4 Å². The lowest BCUT2D eigenvalue weighted by Crippen LogP contribution is -1.97. The van der Waals surface area contributed by atoms with E-state index >= 15 is 0 Å². The van der Waals surface area contributed by atoms with Crippen molar-refractivity contribution in [2.24, 2.45) is 5.41 Å². The average Bonchev–Trinajstić information content (AvgIpc) is 2.13. The summed E-state index contributed by atoms with van der Waals surface area (Å²) in [5.74, 6) is 0. The van der Waals surface area contributed by atoms with Crippen molar-refractivity contribution in [2.75, 3.05) is 0 Å². The molecule has 0 unspecified atom stereocenters. The Balaban J connectivity index is 2.74. The van der Waals surface area contributed by atoms with E-state index in [1.165, 1.54) is 16.7 Å². The summed E-state index contributed by atoms with van der Waals surface area (Å²) in [6.45, 7) is 10.9. The molecule has 0 aliphatic carbocycles. The third-order valence-corrected chi connectivity index (χ3v) is 2.41. The maximum absolute atomic E-state index is 2.22. The minimum atomic E-state index is 0.257. The molecular weight excluding hydrogens is 192 g/mol. The van der Waals surface area contributed by atoms with Crippen molar-refractivity contribution in [3.8, 4) is 0 Å². The summed E-state index contributed by atoms with van der Waals surface area (Å²) in [6.07, 6.45) is 8.62. The monoisotopic (exact) mass is 214 g/mol. The van der Waals surface area contributed by atoms with E-state index < -0.39 is 0 Å². The Bertz CT molecular complexity index is 401. The highest BCUT2D eigenvalue weighted by molar-refractivity contribution is 5.55. The van der Waals surface area contributed by atoms with Gasteiger partial charge in [-0.2, -0.15) is 0 Å². The highest BCUT2D eigenvalue weighted by Gasteiger charge is 2.01. The predicted molar refractivity (Wildman–Crippen MR) is 73.5 cm³/mol. The van der Waals surface area contributed by atoms with Crippen molar-refractivity contribution < 1.29 is 0 Å². The van der Waals surface area contributed by atoms with E-state index in [-0.39, 0.29) is 5.41 Å². The van der Waals surface area contributed by atoms with Gasteiger partial charge in [-0.1, -0.05) is 68.8 Å². The average molecular weight is 214 g/mol. The lowest BCUT2D eigenvalue weighted by atomic mass is 9.96. The van der Waals surface area contributed by atoms with Crippen LogP contribution >= 0.6 is 0 Å². The molecular formula is C16H22. The predicted octanol–water partition coefficient (Wildman–Crippen LogP) is 4.92. The minimum absolute atomic E-state index is 0.257. The van der Waals surface area contributed by atoms with Gasteiger partial charge in [-0.3, -0.25) is 0 Å². The molecule has 0 heteroatoms. The number of aryl methyl sites for hydroxylation is 2. The van der Waals surface area contributed by atoms with Crippen molar-refractivity contribution in [1.29, 1.82) is 0 Å². The van der Waals surface area contributed by atoms with Crippen LogP contribution in [0, 0.1) is 19.3 Å². The fraction of sp³-hybridized carbons (Fsp3) is 0.375. The lowest BCUT2D eigenvalue weighted by Gasteiger charge is -2.09. The Kier molecular flexibility index (Phi) is 4.12. The molecule has 0 spiro atoms. The van der Waals surface area contributed by atoms with Gasteiger partial charge in [0.1, 0.15) is 0 Å². The third kappa shape index (κ3) is 4.48. The molecule has 0 saturated carbocycles. The summed E-state index contributed by atoms with van der Waals surface area (Å²) in [7, 11) is 0. The molecule has 86 valence electrons. The van der Waals surface area contributed by atoms with Crippen LogP contribution in [-0.2, 0) is 0 Å². The molecule has 0 amide bonds. The van der Waals surface area contributed by atoms with E-state index in [0.717, 1.165) is 0 Å². The van der Waals surface area contributed by atoms with Crippen LogP contribution in [0.1, 0.15) is 37.5 Å². The molecule has 0 fully saturated rings. The smallest absolute Gasteiger partial charge is 0.0200 e. The lowest BCUT2D eigenvalue weighted by molar-refractivity contribution is 0.544. The molecule has 1 aromatic carbocycles. The second kappa shape index (κ2) is 5.16. The van der Waals surface area contributed by atoms with Crippen LogP contribution in [0.4, 0.5) is 0 Å². The Morgan fingerprint density at radius 3 is 2.25 bits per heavy atom. The van der Waals surface area contributed by atoms with E-state index in [2.05, 4.69) is 77.1 Å². The fourth-order valence-corrected chi connectivity index (χ4v) is 1.52. The van der Waals surface area contributed by atoms with Gasteiger partial charge in [-0.15, -0.1) is 0 Å². The molecule has 0 aliphatic rings. The number of rotatable bonds is 2. The van der Waals surface area contributed by atoms with Crippen molar-refractivity contribution in [1.82, 2.24) is 0 Å². The fourth-order valence-electron chi connectivity index (χ4n) is 1.52. The van der Waals surface area contributed by atoms with Crippen LogP contribution in [0.5, 0.6) is 0 Å². The SMILES string of the molecule is Cc1ccc(/C=C/C=C/C(C)(C)C)c(C)c1. The second-order valence-corrected chi connectivity index (χ2v) is 5.44. The first-order valence-electron chi connectivity index (χ1n) is 5.82. The molecule has 0 aromatic heterocycles. The van der Waals surface area contributed by atoms with E-state index in [9.17, 15) is 0 Å². The number of hydrogen-bond donors (Lipinski definition) is 0. The Hall–Kier alpha value is -1.30. The zero-order chi connectivity index (χ0) is 12.2. The quantitative estimate of drug-likeness (QED) is 0.613. The van der Waals surface area contributed by atoms with Crippen LogP contribution in [0.2, 0.25) is 0 Å². The molecule has 0 bridgehead atoms. The largest absolute Gasteiger partial charge is 0.0791 e. The van der Waals surface area contributed by atoms with Crippen LogP contribution in [0.25, 0.3) is 6.08 Å². The van der Waals surface area contributed by atoms with Crippen molar-refractivity contribution in [2.45, 2.75) is 34.6 Å². The molecule has 0 nitrogen and oxygen atoms in total. The second-order valence-electron chi connectivity index (χ2n) is 5.44. The first-order valence-corrected chi connectivity index (χ1v) is 5.82. The maximum atomic E-state index is 2.22. The summed E-state index contributed by atoms with van der Waals surface area (Å²) in [5, 5.41) is 0. The van der Waals surface area contributed by atoms with Crippen molar-refractivity contribution in [3.63, 3.8) is 0 Å². The summed E-state index contributed by atoms with van der Waals surface area (Å²) in [4.78, 5) is 0. The van der Waals surface area contributed by atoms with Gasteiger partial charge in [0.25, 0.3) is 0 Å². The van der Waals surface area contributed by atoms with Gasteiger partial charge < -0.3 is 0 Å². The molecule has 0 N–H and O–H groups in total. The van der Waals surface area contributed by atoms with Gasteiger partial charge in [0.05, 0.1) is 0 Å². The minimum Gasteiger partial charge on any atom is -0.0791 e. The number of benzene rings is 1. The molecule has 1 aromatic rings. The van der Waals surface area contributed by atoms with Crippen molar-refractivity contribution >= 4 is 6.08 Å². The summed E-state index contributed by atoms with van der Waals surface area (Å²) < 4.78 is 0. The highest BCUT2D eigenvalue weighted by Crippen LogP contribution is 2.15. The first kappa shape index (κ1) is 12.8. The van der Waals surface area contributed by atoms with Crippen LogP contribution < -0.4 is 0 Å². The van der Waals surface area contributed by atoms with E-state index in [4.69, 9.17) is 0 Å². The summed E-state index contributed by atoms with van der Waals surface area (Å²) in [6, 6.07) is 6.54. The molecule has 0 aliphatic heterocycles. The van der Waals surface area contributed by atoms with Gasteiger partial charge in [0.15, 0.2) is 0 Å². The van der Waals surface area contributed by atoms with Crippen LogP contribution in [-0.4, -0.2) is 0 Å².